The SMILES string of the molecule is CC1(C)c2ccccc2-c2c(N(c3cccc4c3-c3ccccc3C4(C)C)c3cccc4oc5cc(-c6nc7ccccc7o6)ccc5c34)cccc21. The summed E-state index contributed by atoms with van der Waals surface area (Å²) in [5.74, 6) is 0.581. The lowest BCUT2D eigenvalue weighted by Gasteiger charge is -2.31. The molecule has 0 amide bonds. The zero-order valence-corrected chi connectivity index (χ0v) is 30.1. The smallest absolute Gasteiger partial charge is 0.227 e. The van der Waals surface area contributed by atoms with Crippen LogP contribution in [0.25, 0.3) is 66.7 Å². The summed E-state index contributed by atoms with van der Waals surface area (Å²) >= 11 is 0. The quantitative estimate of drug-likeness (QED) is 0.185. The molecule has 2 aromatic heterocycles. The Balaban J connectivity index is 1.21. The van der Waals surface area contributed by atoms with Crippen molar-refractivity contribution in [1.29, 1.82) is 0 Å². The van der Waals surface area contributed by atoms with Gasteiger partial charge in [-0.3, -0.25) is 0 Å². The van der Waals surface area contributed by atoms with E-state index < -0.39 is 0 Å². The van der Waals surface area contributed by atoms with Gasteiger partial charge in [0, 0.05) is 32.9 Å². The second kappa shape index (κ2) is 10.6. The minimum absolute atomic E-state index is 0.143. The van der Waals surface area contributed by atoms with Crippen LogP contribution in [0.15, 0.2) is 154 Å². The topological polar surface area (TPSA) is 42.4 Å². The Kier molecular flexibility index (Phi) is 6.04. The molecule has 53 heavy (non-hydrogen) atoms. The number of rotatable bonds is 4. The molecular formula is C49H36N2O2. The fourth-order valence-electron chi connectivity index (χ4n) is 9.35. The maximum Gasteiger partial charge on any atom is 0.227 e. The highest BCUT2D eigenvalue weighted by molar-refractivity contribution is 6.15. The highest BCUT2D eigenvalue weighted by Crippen LogP contribution is 2.58. The van der Waals surface area contributed by atoms with E-state index in [0.717, 1.165) is 55.7 Å². The number of para-hydroxylation sites is 2. The van der Waals surface area contributed by atoms with E-state index in [-0.39, 0.29) is 10.8 Å². The summed E-state index contributed by atoms with van der Waals surface area (Å²) in [7, 11) is 0. The molecule has 0 unspecified atom stereocenters. The van der Waals surface area contributed by atoms with E-state index in [1.807, 2.05) is 24.3 Å². The number of anilines is 3. The molecule has 0 aliphatic heterocycles. The Labute approximate surface area is 308 Å². The molecule has 4 nitrogen and oxygen atoms in total. The maximum absolute atomic E-state index is 6.72. The number of oxazole rings is 1. The molecule has 2 aliphatic carbocycles. The Hall–Kier alpha value is -6.39. The van der Waals surface area contributed by atoms with Crippen molar-refractivity contribution in [3.8, 4) is 33.7 Å². The molecule has 0 radical (unpaired) electrons. The summed E-state index contributed by atoms with van der Waals surface area (Å²) in [5.41, 5.74) is 17.7. The first-order chi connectivity index (χ1) is 25.8. The zero-order chi connectivity index (χ0) is 35.6. The zero-order valence-electron chi connectivity index (χ0n) is 30.1. The number of fused-ring (bicyclic) bond motifs is 10. The molecule has 0 spiro atoms. The molecule has 0 saturated heterocycles. The van der Waals surface area contributed by atoms with Gasteiger partial charge in [0.25, 0.3) is 0 Å². The molecule has 2 aliphatic rings. The van der Waals surface area contributed by atoms with Gasteiger partial charge < -0.3 is 13.7 Å². The van der Waals surface area contributed by atoms with Gasteiger partial charge in [0.2, 0.25) is 5.89 Å². The highest BCUT2D eigenvalue weighted by Gasteiger charge is 2.41. The minimum Gasteiger partial charge on any atom is -0.456 e. The van der Waals surface area contributed by atoms with Gasteiger partial charge >= 0.3 is 0 Å². The first kappa shape index (κ1) is 30.3. The van der Waals surface area contributed by atoms with Crippen molar-refractivity contribution in [2.24, 2.45) is 0 Å². The third-order valence-corrected chi connectivity index (χ3v) is 11.9. The fraction of sp³-hybridized carbons (Fsp3) is 0.122. The molecule has 0 bridgehead atoms. The van der Waals surface area contributed by atoms with Crippen LogP contribution < -0.4 is 4.90 Å². The van der Waals surface area contributed by atoms with E-state index in [1.165, 1.54) is 44.5 Å². The summed E-state index contributed by atoms with van der Waals surface area (Å²) in [4.78, 5) is 7.29. The highest BCUT2D eigenvalue weighted by atomic mass is 16.3. The molecule has 11 rings (SSSR count). The Morgan fingerprint density at radius 3 is 1.68 bits per heavy atom. The lowest BCUT2D eigenvalue weighted by Crippen LogP contribution is -2.17. The molecule has 0 N–H and O–H groups in total. The van der Waals surface area contributed by atoms with Crippen molar-refractivity contribution < 1.29 is 8.83 Å². The number of nitrogens with zero attached hydrogens (tertiary/aromatic N) is 2. The predicted octanol–water partition coefficient (Wildman–Crippen LogP) is 13.5. The molecule has 0 fully saturated rings. The van der Waals surface area contributed by atoms with Gasteiger partial charge in [-0.05, 0) is 88.0 Å². The third-order valence-electron chi connectivity index (χ3n) is 11.9. The Bertz CT molecular complexity index is 2840. The largest absolute Gasteiger partial charge is 0.456 e. The van der Waals surface area contributed by atoms with Gasteiger partial charge in [-0.25, -0.2) is 4.98 Å². The number of furan rings is 1. The number of aromatic nitrogens is 1. The second-order valence-corrected chi connectivity index (χ2v) is 15.5. The van der Waals surface area contributed by atoms with E-state index >= 15 is 0 Å². The van der Waals surface area contributed by atoms with Crippen molar-refractivity contribution in [3.63, 3.8) is 0 Å². The molecule has 4 heteroatoms. The van der Waals surface area contributed by atoms with Crippen molar-refractivity contribution in [3.05, 3.63) is 168 Å². The summed E-state index contributed by atoms with van der Waals surface area (Å²) < 4.78 is 12.9. The minimum atomic E-state index is -0.143. The summed E-state index contributed by atoms with van der Waals surface area (Å²) in [6.45, 7) is 9.40. The van der Waals surface area contributed by atoms with E-state index in [4.69, 9.17) is 13.8 Å². The first-order valence-electron chi connectivity index (χ1n) is 18.4. The normalized spacial score (nSPS) is 14.7. The van der Waals surface area contributed by atoms with Gasteiger partial charge in [0.05, 0.1) is 22.4 Å². The van der Waals surface area contributed by atoms with Crippen LogP contribution in [0.2, 0.25) is 0 Å². The maximum atomic E-state index is 6.72. The van der Waals surface area contributed by atoms with Crippen LogP contribution in [0.3, 0.4) is 0 Å². The van der Waals surface area contributed by atoms with Crippen molar-refractivity contribution >= 4 is 50.1 Å². The van der Waals surface area contributed by atoms with Gasteiger partial charge in [0.1, 0.15) is 16.7 Å². The van der Waals surface area contributed by atoms with Crippen LogP contribution in [-0.2, 0) is 10.8 Å². The first-order valence-corrected chi connectivity index (χ1v) is 18.4. The predicted molar refractivity (Wildman–Crippen MR) is 217 cm³/mol. The average Bonchev–Trinajstić information content (AvgIpc) is 3.90. The molecule has 2 heterocycles. The molecule has 7 aromatic carbocycles. The standard InChI is InChI=1S/C49H36N2O2/c1-48(2)33-16-7-5-14-30(33)44-35(48)18-11-21-38(44)51(39-22-12-19-36-45(39)31-15-6-8-17-34(31)49(36,3)4)40-23-13-25-42-46(40)32-27-26-29(28-43(32)52-42)47-50-37-20-9-10-24-41(37)53-47/h5-28H,1-4H3. The molecule has 254 valence electrons. The summed E-state index contributed by atoms with van der Waals surface area (Å²) in [5, 5.41) is 2.11. The second-order valence-electron chi connectivity index (χ2n) is 15.5. The number of hydrogen-bond acceptors (Lipinski definition) is 4. The third kappa shape index (κ3) is 4.09. The van der Waals surface area contributed by atoms with Gasteiger partial charge in [-0.2, -0.15) is 0 Å². The van der Waals surface area contributed by atoms with Gasteiger partial charge in [-0.1, -0.05) is 119 Å². The molecular weight excluding hydrogens is 649 g/mol. The fourth-order valence-corrected chi connectivity index (χ4v) is 9.35. The van der Waals surface area contributed by atoms with Crippen molar-refractivity contribution in [2.75, 3.05) is 4.90 Å². The van der Waals surface area contributed by atoms with Crippen LogP contribution in [-0.4, -0.2) is 4.98 Å². The summed E-state index contributed by atoms with van der Waals surface area (Å²) in [6, 6.07) is 52.2. The van der Waals surface area contributed by atoms with Crippen molar-refractivity contribution in [1.82, 2.24) is 4.98 Å². The Morgan fingerprint density at radius 2 is 1.02 bits per heavy atom. The Morgan fingerprint density at radius 1 is 0.472 bits per heavy atom. The number of hydrogen-bond donors (Lipinski definition) is 0. The van der Waals surface area contributed by atoms with Crippen LogP contribution >= 0.6 is 0 Å². The average molecular weight is 685 g/mol. The van der Waals surface area contributed by atoms with Gasteiger partial charge in [-0.15, -0.1) is 0 Å². The van der Waals surface area contributed by atoms with E-state index in [2.05, 4.69) is 154 Å². The summed E-state index contributed by atoms with van der Waals surface area (Å²) in [6.07, 6.45) is 0. The monoisotopic (exact) mass is 684 g/mol. The van der Waals surface area contributed by atoms with E-state index in [0.29, 0.717) is 5.89 Å². The van der Waals surface area contributed by atoms with E-state index in [1.54, 1.807) is 0 Å². The number of benzene rings is 7. The van der Waals surface area contributed by atoms with Crippen LogP contribution in [0.5, 0.6) is 0 Å². The molecule has 9 aromatic rings. The van der Waals surface area contributed by atoms with E-state index in [9.17, 15) is 0 Å². The van der Waals surface area contributed by atoms with Crippen LogP contribution in [0, 0.1) is 0 Å². The van der Waals surface area contributed by atoms with Crippen molar-refractivity contribution in [2.45, 2.75) is 38.5 Å². The molecule has 0 atom stereocenters. The van der Waals surface area contributed by atoms with Crippen LogP contribution in [0.4, 0.5) is 17.1 Å². The lowest BCUT2D eigenvalue weighted by molar-refractivity contribution is 0.619. The van der Waals surface area contributed by atoms with Crippen LogP contribution in [0.1, 0.15) is 49.9 Å². The van der Waals surface area contributed by atoms with Gasteiger partial charge in [0.15, 0.2) is 5.58 Å². The lowest BCUT2D eigenvalue weighted by atomic mass is 9.82. The molecule has 0 saturated carbocycles.